The van der Waals surface area contributed by atoms with Gasteiger partial charge in [-0.1, -0.05) is 12.8 Å². The summed E-state index contributed by atoms with van der Waals surface area (Å²) in [4.78, 5) is 15.3. The van der Waals surface area contributed by atoms with Crippen LogP contribution in [-0.2, 0) is 16.1 Å². The fraction of sp³-hybridized carbons (Fsp3) is 0.625. The van der Waals surface area contributed by atoms with Gasteiger partial charge in [0.2, 0.25) is 5.91 Å². The number of benzene rings is 1. The second-order valence-electron chi connectivity index (χ2n) is 8.99. The van der Waals surface area contributed by atoms with E-state index >= 15 is 0 Å². The number of ether oxygens (including phenoxy) is 3. The zero-order valence-corrected chi connectivity index (χ0v) is 19.0. The van der Waals surface area contributed by atoms with Crippen molar-refractivity contribution in [1.82, 2.24) is 19.7 Å². The summed E-state index contributed by atoms with van der Waals surface area (Å²) in [5.41, 5.74) is 0.948. The van der Waals surface area contributed by atoms with Crippen molar-refractivity contribution in [3.05, 3.63) is 24.0 Å². The molecular formula is C24H32N4O4. The molecule has 1 saturated heterocycles. The maximum Gasteiger partial charge on any atom is 0.223 e. The van der Waals surface area contributed by atoms with Crippen molar-refractivity contribution < 1.29 is 19.0 Å². The lowest BCUT2D eigenvalue weighted by Gasteiger charge is -2.45. The number of aromatic nitrogens is 3. The smallest absolute Gasteiger partial charge is 0.223 e. The van der Waals surface area contributed by atoms with Gasteiger partial charge in [0.05, 0.1) is 39.0 Å². The molecule has 0 radical (unpaired) electrons. The van der Waals surface area contributed by atoms with Gasteiger partial charge in [-0.3, -0.25) is 4.79 Å². The van der Waals surface area contributed by atoms with E-state index in [4.69, 9.17) is 14.2 Å². The molecule has 0 unspecified atom stereocenters. The third kappa shape index (κ3) is 3.85. The van der Waals surface area contributed by atoms with Crippen LogP contribution >= 0.6 is 0 Å². The van der Waals surface area contributed by atoms with Gasteiger partial charge in [0.25, 0.3) is 0 Å². The third-order valence-corrected chi connectivity index (χ3v) is 7.17. The van der Waals surface area contributed by atoms with Crippen LogP contribution in [0.25, 0.3) is 11.4 Å². The summed E-state index contributed by atoms with van der Waals surface area (Å²) < 4.78 is 18.9. The van der Waals surface area contributed by atoms with Gasteiger partial charge >= 0.3 is 0 Å². The Bertz CT molecular complexity index is 969. The Labute approximate surface area is 188 Å². The summed E-state index contributed by atoms with van der Waals surface area (Å²) in [6.45, 7) is 1.35. The Morgan fingerprint density at radius 2 is 1.88 bits per heavy atom. The molecule has 0 bridgehead atoms. The molecule has 1 aromatic carbocycles. The predicted octanol–water partition coefficient (Wildman–Crippen LogP) is 3.75. The van der Waals surface area contributed by atoms with E-state index in [9.17, 15) is 4.79 Å². The van der Waals surface area contributed by atoms with Crippen molar-refractivity contribution in [2.45, 2.75) is 76.1 Å². The largest absolute Gasteiger partial charge is 0.493 e. The van der Waals surface area contributed by atoms with Gasteiger partial charge < -0.3 is 23.7 Å². The molecule has 8 nitrogen and oxygen atoms in total. The third-order valence-electron chi connectivity index (χ3n) is 7.17. The van der Waals surface area contributed by atoms with E-state index in [1.165, 1.54) is 0 Å². The Kier molecular flexibility index (Phi) is 6.04. The van der Waals surface area contributed by atoms with Crippen molar-refractivity contribution in [2.75, 3.05) is 20.8 Å². The van der Waals surface area contributed by atoms with E-state index < -0.39 is 0 Å². The Morgan fingerprint density at radius 1 is 1.06 bits per heavy atom. The van der Waals surface area contributed by atoms with Crippen molar-refractivity contribution >= 4 is 5.91 Å². The first-order valence-electron chi connectivity index (χ1n) is 11.8. The first-order chi connectivity index (χ1) is 15.7. The Morgan fingerprint density at radius 3 is 2.62 bits per heavy atom. The van der Waals surface area contributed by atoms with E-state index in [1.54, 1.807) is 14.2 Å². The second kappa shape index (κ2) is 9.10. The van der Waals surface area contributed by atoms with Gasteiger partial charge in [-0.25, -0.2) is 0 Å². The summed E-state index contributed by atoms with van der Waals surface area (Å²) in [5.74, 6) is 3.28. The van der Waals surface area contributed by atoms with Gasteiger partial charge in [0.15, 0.2) is 23.1 Å². The highest BCUT2D eigenvalue weighted by molar-refractivity contribution is 5.77. The van der Waals surface area contributed by atoms with Crippen LogP contribution in [0.15, 0.2) is 18.2 Å². The van der Waals surface area contributed by atoms with E-state index in [0.717, 1.165) is 68.8 Å². The molecular weight excluding hydrogens is 408 g/mol. The Hall–Kier alpha value is -2.61. The maximum absolute atomic E-state index is 13.2. The van der Waals surface area contributed by atoms with Gasteiger partial charge in [-0.15, -0.1) is 10.2 Å². The van der Waals surface area contributed by atoms with Gasteiger partial charge in [0, 0.05) is 18.6 Å². The first-order valence-corrected chi connectivity index (χ1v) is 11.8. The highest BCUT2D eigenvalue weighted by Crippen LogP contribution is 2.41. The lowest BCUT2D eigenvalue weighted by Crippen LogP contribution is -2.50. The second-order valence-corrected chi connectivity index (χ2v) is 8.99. The van der Waals surface area contributed by atoms with E-state index in [1.807, 2.05) is 18.2 Å². The lowest BCUT2D eigenvalue weighted by molar-refractivity contribution is -0.138. The fourth-order valence-corrected chi connectivity index (χ4v) is 5.55. The highest BCUT2D eigenvalue weighted by Gasteiger charge is 2.41. The minimum atomic E-state index is 0.197. The molecule has 3 atom stereocenters. The normalized spacial score (nSPS) is 24.7. The molecule has 3 heterocycles. The molecule has 3 aliphatic rings. The molecule has 1 saturated carbocycles. The molecule has 172 valence electrons. The number of carbonyl (C=O) groups is 1. The topological polar surface area (TPSA) is 78.7 Å². The maximum atomic E-state index is 13.2. The number of nitrogens with zero attached hydrogens (tertiary/aromatic N) is 4. The number of amides is 1. The number of carbonyl (C=O) groups excluding carboxylic acids is 1. The first kappa shape index (κ1) is 21.2. The van der Waals surface area contributed by atoms with Crippen LogP contribution in [0.5, 0.6) is 11.5 Å². The van der Waals surface area contributed by atoms with E-state index in [-0.39, 0.29) is 24.1 Å². The monoisotopic (exact) mass is 440 g/mol. The molecule has 2 fully saturated rings. The summed E-state index contributed by atoms with van der Waals surface area (Å²) in [7, 11) is 3.27. The number of methoxy groups -OCH3 is 2. The molecule has 1 aliphatic carbocycles. The van der Waals surface area contributed by atoms with Crippen LogP contribution in [0.4, 0.5) is 0 Å². The number of hydrogen-bond acceptors (Lipinski definition) is 6. The fourth-order valence-electron chi connectivity index (χ4n) is 5.55. The standard InChI is InChI=1S/C24H32N4O4/c1-30-20-11-9-16(14-21(20)31-2)24-26-25-22-15-27(18-7-3-4-8-19(18)28(22)24)23(29)12-10-17-6-5-13-32-17/h9,11,14,17-19H,3-8,10,12-13,15H2,1-2H3/t17-,18+,19+/m0/s1. The summed E-state index contributed by atoms with van der Waals surface area (Å²) >= 11 is 0. The average molecular weight is 441 g/mol. The van der Waals surface area contributed by atoms with Gasteiger partial charge in [0.1, 0.15) is 0 Å². The molecule has 1 aromatic heterocycles. The van der Waals surface area contributed by atoms with Crippen LogP contribution in [0, 0.1) is 0 Å². The van der Waals surface area contributed by atoms with E-state index in [2.05, 4.69) is 19.7 Å². The number of rotatable bonds is 6. The molecule has 32 heavy (non-hydrogen) atoms. The van der Waals surface area contributed by atoms with Crippen LogP contribution in [-0.4, -0.2) is 58.5 Å². The average Bonchev–Trinajstić information content (AvgIpc) is 3.51. The summed E-state index contributed by atoms with van der Waals surface area (Å²) in [5, 5.41) is 9.07. The molecule has 0 spiro atoms. The molecule has 1 amide bonds. The minimum absolute atomic E-state index is 0.197. The zero-order valence-electron chi connectivity index (χ0n) is 19.0. The predicted molar refractivity (Wildman–Crippen MR) is 119 cm³/mol. The van der Waals surface area contributed by atoms with E-state index in [0.29, 0.717) is 24.5 Å². The highest BCUT2D eigenvalue weighted by atomic mass is 16.5. The van der Waals surface area contributed by atoms with Gasteiger partial charge in [-0.2, -0.15) is 0 Å². The number of hydrogen-bond donors (Lipinski definition) is 0. The summed E-state index contributed by atoms with van der Waals surface area (Å²) in [6.07, 6.45) is 8.15. The molecule has 8 heteroatoms. The lowest BCUT2D eigenvalue weighted by atomic mass is 9.86. The minimum Gasteiger partial charge on any atom is -0.493 e. The van der Waals surface area contributed by atoms with Crippen molar-refractivity contribution in [1.29, 1.82) is 0 Å². The summed E-state index contributed by atoms with van der Waals surface area (Å²) in [6, 6.07) is 6.25. The molecule has 2 aromatic rings. The molecule has 5 rings (SSSR count). The van der Waals surface area contributed by atoms with Crippen molar-refractivity contribution in [3.8, 4) is 22.9 Å². The van der Waals surface area contributed by atoms with Crippen LogP contribution in [0.1, 0.15) is 63.2 Å². The Balaban J connectivity index is 1.42. The van der Waals surface area contributed by atoms with Crippen LogP contribution < -0.4 is 9.47 Å². The number of fused-ring (bicyclic) bond motifs is 3. The SMILES string of the molecule is COc1ccc(-c2nnc3n2[C@@H]2CCCC[C@H]2N(C(=O)CC[C@@H]2CCCO2)C3)cc1OC. The molecule has 0 N–H and O–H groups in total. The van der Waals surface area contributed by atoms with Gasteiger partial charge in [-0.05, 0) is 50.3 Å². The molecule has 2 aliphatic heterocycles. The van der Waals surface area contributed by atoms with Crippen LogP contribution in [0.2, 0.25) is 0 Å². The van der Waals surface area contributed by atoms with Crippen LogP contribution in [0.3, 0.4) is 0 Å². The zero-order chi connectivity index (χ0) is 22.1. The quantitative estimate of drug-likeness (QED) is 0.681. The van der Waals surface area contributed by atoms with Crippen molar-refractivity contribution in [2.24, 2.45) is 0 Å². The van der Waals surface area contributed by atoms with Crippen molar-refractivity contribution in [3.63, 3.8) is 0 Å².